The molecule has 8 nitrogen and oxygen atoms in total. The number of nitrogens with zero attached hydrogens (tertiary/aromatic N) is 2. The Morgan fingerprint density at radius 3 is 2.22 bits per heavy atom. The van der Waals surface area contributed by atoms with Crippen molar-refractivity contribution in [2.45, 2.75) is 57.1 Å². The van der Waals surface area contributed by atoms with Crippen LogP contribution in [0.2, 0.25) is 5.02 Å². The number of methoxy groups -OCH3 is 1. The maximum absolute atomic E-state index is 14.6. The van der Waals surface area contributed by atoms with Crippen LogP contribution < -0.4 is 14.4 Å². The molecule has 0 heterocycles. The highest BCUT2D eigenvalue weighted by atomic mass is 35.5. The largest absolute Gasteiger partial charge is 0.497 e. The lowest BCUT2D eigenvalue weighted by molar-refractivity contribution is -0.140. The second-order valence-corrected chi connectivity index (χ2v) is 13.5. The number of carbonyl (C=O) groups is 2. The molecule has 46 heavy (non-hydrogen) atoms. The number of carbonyl (C=O) groups excluding carboxylic acids is 2. The van der Waals surface area contributed by atoms with Crippen LogP contribution in [0.15, 0.2) is 108 Å². The van der Waals surface area contributed by atoms with Crippen molar-refractivity contribution in [3.63, 3.8) is 0 Å². The van der Waals surface area contributed by atoms with Gasteiger partial charge in [0.15, 0.2) is 0 Å². The lowest BCUT2D eigenvalue weighted by atomic mass is 10.0. The first kappa shape index (κ1) is 34.5. The normalized spacial score (nSPS) is 12.5. The Kier molecular flexibility index (Phi) is 11.8. The number of hydrogen-bond acceptors (Lipinski definition) is 5. The Balaban J connectivity index is 1.82. The zero-order valence-electron chi connectivity index (χ0n) is 26.5. The van der Waals surface area contributed by atoms with Crippen molar-refractivity contribution in [1.82, 2.24) is 10.2 Å². The monoisotopic (exact) mass is 661 g/mol. The first-order valence-electron chi connectivity index (χ1n) is 15.1. The van der Waals surface area contributed by atoms with E-state index in [-0.39, 0.29) is 29.8 Å². The maximum Gasteiger partial charge on any atom is 0.264 e. The molecule has 0 aliphatic heterocycles. The molecule has 4 aromatic carbocycles. The van der Waals surface area contributed by atoms with Gasteiger partial charge in [-0.15, -0.1) is 0 Å². The van der Waals surface area contributed by atoms with E-state index in [1.807, 2.05) is 69.3 Å². The van der Waals surface area contributed by atoms with Crippen molar-refractivity contribution in [1.29, 1.82) is 0 Å². The van der Waals surface area contributed by atoms with Crippen molar-refractivity contribution in [3.8, 4) is 5.75 Å². The highest BCUT2D eigenvalue weighted by molar-refractivity contribution is 7.92. The minimum Gasteiger partial charge on any atom is -0.497 e. The SMILES string of the molecule is CC[C@@H](C)NC(=O)[C@H](Cc1ccccc1)N(Cc1cccc(OC)c1)C(=O)CN(c1cccc(C)c1)S(=O)(=O)c1ccc(Cl)cc1. The summed E-state index contributed by atoms with van der Waals surface area (Å²) in [6, 6.07) is 28.4. The van der Waals surface area contributed by atoms with Crippen LogP contribution in [-0.4, -0.2) is 50.9 Å². The van der Waals surface area contributed by atoms with Gasteiger partial charge in [-0.25, -0.2) is 8.42 Å². The number of amides is 2. The molecule has 0 aliphatic rings. The van der Waals surface area contributed by atoms with E-state index in [4.69, 9.17) is 16.3 Å². The summed E-state index contributed by atoms with van der Waals surface area (Å²) in [4.78, 5) is 30.0. The quantitative estimate of drug-likeness (QED) is 0.169. The number of rotatable bonds is 14. The molecule has 0 radical (unpaired) electrons. The van der Waals surface area contributed by atoms with Gasteiger partial charge in [-0.2, -0.15) is 0 Å². The van der Waals surface area contributed by atoms with Crippen molar-refractivity contribution in [2.24, 2.45) is 0 Å². The van der Waals surface area contributed by atoms with Crippen LogP contribution in [0.3, 0.4) is 0 Å². The van der Waals surface area contributed by atoms with E-state index in [1.165, 1.54) is 29.2 Å². The van der Waals surface area contributed by atoms with Gasteiger partial charge in [0, 0.05) is 24.0 Å². The molecule has 0 unspecified atom stereocenters. The summed E-state index contributed by atoms with van der Waals surface area (Å²) in [7, 11) is -2.66. The van der Waals surface area contributed by atoms with Gasteiger partial charge >= 0.3 is 0 Å². The lowest BCUT2D eigenvalue weighted by Crippen LogP contribution is -2.54. The Hall–Kier alpha value is -4.34. The molecule has 0 saturated carbocycles. The van der Waals surface area contributed by atoms with E-state index in [1.54, 1.807) is 37.4 Å². The van der Waals surface area contributed by atoms with Gasteiger partial charge in [0.25, 0.3) is 10.0 Å². The van der Waals surface area contributed by atoms with Crippen LogP contribution in [0.1, 0.15) is 37.0 Å². The third kappa shape index (κ3) is 8.89. The Bertz CT molecular complexity index is 1730. The van der Waals surface area contributed by atoms with E-state index in [2.05, 4.69) is 5.32 Å². The molecular weight excluding hydrogens is 622 g/mol. The molecule has 0 saturated heterocycles. The van der Waals surface area contributed by atoms with E-state index in [0.29, 0.717) is 22.9 Å². The maximum atomic E-state index is 14.6. The number of aryl methyl sites for hydroxylation is 1. The summed E-state index contributed by atoms with van der Waals surface area (Å²) in [6.45, 7) is 5.23. The molecule has 4 rings (SSSR count). The molecular formula is C36H40ClN3O5S. The van der Waals surface area contributed by atoms with Crippen LogP contribution in [0.5, 0.6) is 5.75 Å². The second-order valence-electron chi connectivity index (χ2n) is 11.2. The van der Waals surface area contributed by atoms with Crippen LogP contribution in [0, 0.1) is 6.92 Å². The minimum atomic E-state index is -4.22. The highest BCUT2D eigenvalue weighted by Crippen LogP contribution is 2.27. The number of sulfonamides is 1. The minimum absolute atomic E-state index is 0.0131. The van der Waals surface area contributed by atoms with Crippen molar-refractivity contribution < 1.29 is 22.7 Å². The predicted molar refractivity (Wildman–Crippen MR) is 183 cm³/mol. The fourth-order valence-electron chi connectivity index (χ4n) is 5.01. The van der Waals surface area contributed by atoms with Gasteiger partial charge in [-0.1, -0.05) is 73.1 Å². The Morgan fingerprint density at radius 1 is 0.891 bits per heavy atom. The number of anilines is 1. The van der Waals surface area contributed by atoms with E-state index in [9.17, 15) is 18.0 Å². The standard InChI is InChI=1S/C36H40ClN3O5S/c1-5-27(3)38-36(42)34(23-28-12-7-6-8-13-28)39(24-29-14-10-16-32(22-29)45-4)35(41)25-40(31-15-9-11-26(2)21-31)46(43,44)33-19-17-30(37)18-20-33/h6-22,27,34H,5,23-25H2,1-4H3,(H,38,42)/t27-,34+/m1/s1. The zero-order chi connectivity index (χ0) is 33.3. The van der Waals surface area contributed by atoms with E-state index < -0.39 is 28.5 Å². The number of halogens is 1. The summed E-state index contributed by atoms with van der Waals surface area (Å²) < 4.78 is 34.8. The number of nitrogens with one attached hydrogen (secondary N) is 1. The summed E-state index contributed by atoms with van der Waals surface area (Å²) >= 11 is 6.06. The van der Waals surface area contributed by atoms with E-state index in [0.717, 1.165) is 21.0 Å². The number of ether oxygens (including phenoxy) is 1. The van der Waals surface area contributed by atoms with Crippen molar-refractivity contribution in [3.05, 3.63) is 125 Å². The second kappa shape index (κ2) is 15.8. The molecule has 2 amide bonds. The molecule has 4 aromatic rings. The van der Waals surface area contributed by atoms with Crippen LogP contribution >= 0.6 is 11.6 Å². The fraction of sp³-hybridized carbons (Fsp3) is 0.278. The Labute approximate surface area is 277 Å². The number of benzene rings is 4. The molecule has 0 aliphatic carbocycles. The van der Waals surface area contributed by atoms with Gasteiger partial charge in [-0.05, 0) is 85.5 Å². The molecule has 0 spiro atoms. The van der Waals surface area contributed by atoms with E-state index >= 15 is 0 Å². The molecule has 2 atom stereocenters. The van der Waals surface area contributed by atoms with Crippen molar-refractivity contribution in [2.75, 3.05) is 18.0 Å². The van der Waals surface area contributed by atoms with Gasteiger partial charge in [0.1, 0.15) is 18.3 Å². The van der Waals surface area contributed by atoms with Gasteiger partial charge in [-0.3, -0.25) is 13.9 Å². The molecule has 0 aromatic heterocycles. The van der Waals surface area contributed by atoms with Crippen LogP contribution in [0.25, 0.3) is 0 Å². The van der Waals surface area contributed by atoms with Crippen LogP contribution in [-0.2, 0) is 32.6 Å². The molecule has 1 N–H and O–H groups in total. The van der Waals surface area contributed by atoms with Gasteiger partial charge < -0.3 is 15.0 Å². The smallest absolute Gasteiger partial charge is 0.264 e. The van der Waals surface area contributed by atoms with Gasteiger partial charge in [0.05, 0.1) is 17.7 Å². The topological polar surface area (TPSA) is 96.0 Å². The molecule has 0 fully saturated rings. The van der Waals surface area contributed by atoms with Crippen LogP contribution in [0.4, 0.5) is 5.69 Å². The van der Waals surface area contributed by atoms with Crippen molar-refractivity contribution >= 4 is 39.1 Å². The molecule has 10 heteroatoms. The summed E-state index contributed by atoms with van der Waals surface area (Å²) in [5.41, 5.74) is 2.74. The summed E-state index contributed by atoms with van der Waals surface area (Å²) in [5, 5.41) is 3.43. The zero-order valence-corrected chi connectivity index (χ0v) is 28.1. The molecule has 242 valence electrons. The molecule has 0 bridgehead atoms. The first-order chi connectivity index (χ1) is 22.0. The number of hydrogen-bond donors (Lipinski definition) is 1. The first-order valence-corrected chi connectivity index (χ1v) is 16.9. The average Bonchev–Trinajstić information content (AvgIpc) is 3.05. The fourth-order valence-corrected chi connectivity index (χ4v) is 6.54. The summed E-state index contributed by atoms with van der Waals surface area (Å²) in [5.74, 6) is -0.264. The third-order valence-corrected chi connectivity index (χ3v) is 9.77. The lowest BCUT2D eigenvalue weighted by Gasteiger charge is -2.34. The average molecular weight is 662 g/mol. The predicted octanol–water partition coefficient (Wildman–Crippen LogP) is 6.41. The van der Waals surface area contributed by atoms with Gasteiger partial charge in [0.2, 0.25) is 11.8 Å². The Morgan fingerprint density at radius 2 is 1.57 bits per heavy atom. The third-order valence-electron chi connectivity index (χ3n) is 7.73. The summed E-state index contributed by atoms with van der Waals surface area (Å²) in [6.07, 6.45) is 0.932. The highest BCUT2D eigenvalue weighted by Gasteiger charge is 2.35.